The average Bonchev–Trinajstić information content (AvgIpc) is 3.21. The molecule has 3 heterocycles. The molecule has 2 aromatic rings. The van der Waals surface area contributed by atoms with Crippen LogP contribution >= 0.6 is 11.3 Å². The number of aliphatic hydroxyl groups is 1. The highest BCUT2D eigenvalue weighted by atomic mass is 32.1. The first kappa shape index (κ1) is 20.6. The summed E-state index contributed by atoms with van der Waals surface area (Å²) in [7, 11) is 0. The highest BCUT2D eigenvalue weighted by Gasteiger charge is 2.35. The van der Waals surface area contributed by atoms with Crippen molar-refractivity contribution < 1.29 is 18.6 Å². The summed E-state index contributed by atoms with van der Waals surface area (Å²) in [6.07, 6.45) is 0.959. The van der Waals surface area contributed by atoms with Gasteiger partial charge in [0.25, 0.3) is 0 Å². The monoisotopic (exact) mass is 424 g/mol. The van der Waals surface area contributed by atoms with Crippen LogP contribution in [0.25, 0.3) is 10.8 Å². The molecule has 1 aliphatic carbocycles. The third-order valence-corrected chi connectivity index (χ3v) is 6.43. The number of thiazole rings is 1. The van der Waals surface area contributed by atoms with Crippen LogP contribution in [0.1, 0.15) is 50.1 Å². The lowest BCUT2D eigenvalue weighted by molar-refractivity contribution is -0.0457. The zero-order valence-corrected chi connectivity index (χ0v) is 17.3. The SMILES string of the molecule is CC(O)c1csc(-c2nc(CC3CCC(F)(F)CC3)cc(N3CCOCC3)n2)n1. The molecule has 2 aromatic heterocycles. The first-order chi connectivity index (χ1) is 13.9. The molecular formula is C20H26F2N4O2S. The molecule has 1 N–H and O–H groups in total. The summed E-state index contributed by atoms with van der Waals surface area (Å²) in [6, 6.07) is 1.98. The molecule has 1 atom stereocenters. The Balaban J connectivity index is 1.60. The van der Waals surface area contributed by atoms with Gasteiger partial charge in [0.05, 0.1) is 25.0 Å². The molecule has 1 saturated carbocycles. The van der Waals surface area contributed by atoms with Crippen LogP contribution in [0.5, 0.6) is 0 Å². The molecule has 158 valence electrons. The molecule has 29 heavy (non-hydrogen) atoms. The number of aromatic nitrogens is 3. The summed E-state index contributed by atoms with van der Waals surface area (Å²) < 4.78 is 32.5. The second kappa shape index (κ2) is 8.57. The number of alkyl halides is 2. The van der Waals surface area contributed by atoms with Crippen LogP contribution < -0.4 is 4.90 Å². The molecule has 6 nitrogen and oxygen atoms in total. The highest BCUT2D eigenvalue weighted by Crippen LogP contribution is 2.37. The average molecular weight is 425 g/mol. The highest BCUT2D eigenvalue weighted by molar-refractivity contribution is 7.13. The molecule has 9 heteroatoms. The summed E-state index contributed by atoms with van der Waals surface area (Å²) in [4.78, 5) is 16.1. The van der Waals surface area contributed by atoms with Gasteiger partial charge >= 0.3 is 0 Å². The molecule has 0 aromatic carbocycles. The molecule has 2 aliphatic rings. The minimum atomic E-state index is -2.52. The second-order valence-electron chi connectivity index (χ2n) is 7.90. The minimum absolute atomic E-state index is 0.0455. The number of ether oxygens (including phenoxy) is 1. The lowest BCUT2D eigenvalue weighted by Crippen LogP contribution is -2.37. The first-order valence-corrected chi connectivity index (χ1v) is 11.0. The van der Waals surface area contributed by atoms with Crippen molar-refractivity contribution in [3.63, 3.8) is 0 Å². The summed E-state index contributed by atoms with van der Waals surface area (Å²) in [5, 5.41) is 12.2. The topological polar surface area (TPSA) is 71.4 Å². The van der Waals surface area contributed by atoms with Crippen LogP contribution in [-0.4, -0.2) is 52.3 Å². The Bertz CT molecular complexity index is 830. The van der Waals surface area contributed by atoms with Gasteiger partial charge in [0.1, 0.15) is 5.82 Å². The van der Waals surface area contributed by atoms with Crippen molar-refractivity contribution >= 4 is 17.2 Å². The summed E-state index contributed by atoms with van der Waals surface area (Å²) >= 11 is 1.40. The van der Waals surface area contributed by atoms with Crippen LogP contribution in [0.4, 0.5) is 14.6 Å². The van der Waals surface area contributed by atoms with E-state index in [1.165, 1.54) is 11.3 Å². The second-order valence-corrected chi connectivity index (χ2v) is 8.76. The third-order valence-electron chi connectivity index (χ3n) is 5.58. The Labute approximate surface area is 173 Å². The van der Waals surface area contributed by atoms with Crippen LogP contribution in [0, 0.1) is 5.92 Å². The van der Waals surface area contributed by atoms with E-state index in [9.17, 15) is 13.9 Å². The summed E-state index contributed by atoms with van der Waals surface area (Å²) in [6.45, 7) is 4.48. The summed E-state index contributed by atoms with van der Waals surface area (Å²) in [5.74, 6) is -0.964. The fraction of sp³-hybridized carbons (Fsp3) is 0.650. The molecular weight excluding hydrogens is 398 g/mol. The largest absolute Gasteiger partial charge is 0.387 e. The number of hydrogen-bond donors (Lipinski definition) is 1. The van der Waals surface area contributed by atoms with E-state index in [1.54, 1.807) is 6.92 Å². The van der Waals surface area contributed by atoms with Gasteiger partial charge < -0.3 is 14.7 Å². The van der Waals surface area contributed by atoms with Crippen LogP contribution in [0.3, 0.4) is 0 Å². The van der Waals surface area contributed by atoms with Crippen molar-refractivity contribution in [1.29, 1.82) is 0 Å². The van der Waals surface area contributed by atoms with Gasteiger partial charge in [0.15, 0.2) is 10.8 Å². The normalized spacial score (nSPS) is 21.3. The molecule has 2 fully saturated rings. The Kier molecular flexibility index (Phi) is 6.08. The molecule has 1 aliphatic heterocycles. The Morgan fingerprint density at radius 3 is 2.62 bits per heavy atom. The van der Waals surface area contributed by atoms with E-state index in [-0.39, 0.29) is 18.8 Å². The third kappa shape index (κ3) is 5.07. The van der Waals surface area contributed by atoms with Crippen molar-refractivity contribution in [2.75, 3.05) is 31.2 Å². The van der Waals surface area contributed by atoms with E-state index < -0.39 is 12.0 Å². The molecule has 1 saturated heterocycles. The van der Waals surface area contributed by atoms with E-state index in [1.807, 2.05) is 11.4 Å². The van der Waals surface area contributed by atoms with Crippen LogP contribution in [0.2, 0.25) is 0 Å². The molecule has 4 rings (SSSR count). The van der Waals surface area contributed by atoms with Crippen molar-refractivity contribution in [3.8, 4) is 10.8 Å². The smallest absolute Gasteiger partial charge is 0.248 e. The van der Waals surface area contributed by atoms with Crippen molar-refractivity contribution in [3.05, 3.63) is 22.8 Å². The fourth-order valence-corrected chi connectivity index (χ4v) is 4.66. The van der Waals surface area contributed by atoms with Crippen molar-refractivity contribution in [2.24, 2.45) is 5.92 Å². The number of aliphatic hydroxyl groups excluding tert-OH is 1. The standard InChI is InChI=1S/C20H26F2N4O2S/c1-13(27)16-12-29-19(24-16)18-23-15(10-14-2-4-20(21,22)5-3-14)11-17(25-18)26-6-8-28-9-7-26/h11-14,27H,2-10H2,1H3. The van der Waals surface area contributed by atoms with Gasteiger partial charge in [-0.05, 0) is 32.1 Å². The zero-order chi connectivity index (χ0) is 20.4. The maximum Gasteiger partial charge on any atom is 0.248 e. The Hall–Kier alpha value is -1.71. The Morgan fingerprint density at radius 2 is 1.97 bits per heavy atom. The predicted octanol–water partition coefficient (Wildman–Crippen LogP) is 3.86. The van der Waals surface area contributed by atoms with E-state index in [0.29, 0.717) is 49.0 Å². The van der Waals surface area contributed by atoms with Gasteiger partial charge in [0, 0.05) is 43.1 Å². The number of hydrogen-bond acceptors (Lipinski definition) is 7. The first-order valence-electron chi connectivity index (χ1n) is 10.1. The van der Waals surface area contributed by atoms with Gasteiger partial charge in [-0.1, -0.05) is 0 Å². The van der Waals surface area contributed by atoms with Gasteiger partial charge in [-0.3, -0.25) is 0 Å². The van der Waals surface area contributed by atoms with Gasteiger partial charge in [-0.15, -0.1) is 11.3 Å². The number of rotatable bonds is 5. The number of nitrogens with zero attached hydrogens (tertiary/aromatic N) is 4. The molecule has 0 spiro atoms. The van der Waals surface area contributed by atoms with Crippen LogP contribution in [-0.2, 0) is 11.2 Å². The number of morpholine rings is 1. The van der Waals surface area contributed by atoms with Gasteiger partial charge in [0.2, 0.25) is 5.92 Å². The maximum absolute atomic E-state index is 13.5. The number of halogens is 2. The fourth-order valence-electron chi connectivity index (χ4n) is 3.82. The molecule has 1 unspecified atom stereocenters. The lowest BCUT2D eigenvalue weighted by Gasteiger charge is -2.29. The molecule has 0 radical (unpaired) electrons. The minimum Gasteiger partial charge on any atom is -0.387 e. The molecule has 0 bridgehead atoms. The van der Waals surface area contributed by atoms with E-state index in [4.69, 9.17) is 14.7 Å². The van der Waals surface area contributed by atoms with Gasteiger partial charge in [-0.25, -0.2) is 23.7 Å². The van der Waals surface area contributed by atoms with E-state index in [0.717, 1.165) is 24.6 Å². The lowest BCUT2D eigenvalue weighted by atomic mass is 9.84. The van der Waals surface area contributed by atoms with E-state index >= 15 is 0 Å². The quantitative estimate of drug-likeness (QED) is 0.786. The zero-order valence-electron chi connectivity index (χ0n) is 16.5. The summed E-state index contributed by atoms with van der Waals surface area (Å²) in [5.41, 5.74) is 1.46. The predicted molar refractivity (Wildman–Crippen MR) is 107 cm³/mol. The molecule has 0 amide bonds. The van der Waals surface area contributed by atoms with E-state index in [2.05, 4.69) is 9.88 Å². The van der Waals surface area contributed by atoms with Gasteiger partial charge in [-0.2, -0.15) is 0 Å². The maximum atomic E-state index is 13.5. The van der Waals surface area contributed by atoms with Crippen LogP contribution in [0.15, 0.2) is 11.4 Å². The number of anilines is 1. The van der Waals surface area contributed by atoms with Crippen molar-refractivity contribution in [2.45, 2.75) is 51.1 Å². The van der Waals surface area contributed by atoms with Crippen molar-refractivity contribution in [1.82, 2.24) is 15.0 Å². The Morgan fingerprint density at radius 1 is 1.24 bits per heavy atom.